The highest BCUT2D eigenvalue weighted by atomic mass is 16.3. The summed E-state index contributed by atoms with van der Waals surface area (Å²) in [4.78, 5) is 26.7. The third-order valence-corrected chi connectivity index (χ3v) is 6.21. The van der Waals surface area contributed by atoms with Crippen LogP contribution >= 0.6 is 0 Å². The number of aromatic nitrogens is 2. The predicted molar refractivity (Wildman–Crippen MR) is 97.5 cm³/mol. The summed E-state index contributed by atoms with van der Waals surface area (Å²) >= 11 is 0. The van der Waals surface area contributed by atoms with E-state index in [-0.39, 0.29) is 29.3 Å². The van der Waals surface area contributed by atoms with Crippen molar-refractivity contribution in [2.45, 2.75) is 77.6 Å². The van der Waals surface area contributed by atoms with Gasteiger partial charge in [-0.15, -0.1) is 0 Å². The van der Waals surface area contributed by atoms with Crippen molar-refractivity contribution >= 4 is 11.8 Å². The number of rotatable bonds is 4. The number of aliphatic hydroxyl groups excluding tert-OH is 1. The van der Waals surface area contributed by atoms with Gasteiger partial charge in [0.05, 0.1) is 23.9 Å². The lowest BCUT2D eigenvalue weighted by Gasteiger charge is -2.37. The Morgan fingerprint density at radius 1 is 1.38 bits per heavy atom. The first kappa shape index (κ1) is 18.9. The van der Waals surface area contributed by atoms with Gasteiger partial charge in [-0.1, -0.05) is 19.8 Å². The minimum Gasteiger partial charge on any atom is -0.392 e. The monoisotopic (exact) mass is 362 g/mol. The van der Waals surface area contributed by atoms with E-state index in [0.717, 1.165) is 25.7 Å². The number of carbonyl (C=O) groups is 2. The van der Waals surface area contributed by atoms with Crippen molar-refractivity contribution in [3.05, 3.63) is 18.0 Å². The number of nitrogens with zero attached hydrogens (tertiary/aromatic N) is 3. The molecule has 0 bridgehead atoms. The van der Waals surface area contributed by atoms with Crippen LogP contribution in [0.1, 0.15) is 63.2 Å². The van der Waals surface area contributed by atoms with Gasteiger partial charge in [-0.2, -0.15) is 5.10 Å². The Morgan fingerprint density at radius 3 is 2.77 bits per heavy atom. The fourth-order valence-electron chi connectivity index (χ4n) is 4.76. The van der Waals surface area contributed by atoms with Crippen LogP contribution in [0.15, 0.2) is 12.4 Å². The Balaban J connectivity index is 1.72. The van der Waals surface area contributed by atoms with Crippen LogP contribution in [-0.2, 0) is 11.3 Å². The number of carbonyl (C=O) groups excluding carboxylic acids is 2. The fraction of sp³-hybridized carbons (Fsp3) is 0.737. The quantitative estimate of drug-likeness (QED) is 0.851. The second-order valence-corrected chi connectivity index (χ2v) is 7.90. The van der Waals surface area contributed by atoms with Crippen LogP contribution in [0, 0.1) is 5.41 Å². The molecule has 0 aromatic carbocycles. The van der Waals surface area contributed by atoms with Gasteiger partial charge in [0, 0.05) is 37.7 Å². The second-order valence-electron chi connectivity index (χ2n) is 7.90. The SMILES string of the molecule is CCn1cc(C(=O)NC[C@H]2C[C@@]3(C)[C@@H](O)CCCC[C@H]3N2C(C)=O)cn1. The molecule has 144 valence electrons. The first-order valence-electron chi connectivity index (χ1n) is 9.64. The van der Waals surface area contributed by atoms with E-state index in [0.29, 0.717) is 25.1 Å². The molecule has 7 nitrogen and oxygen atoms in total. The highest BCUT2D eigenvalue weighted by molar-refractivity contribution is 5.93. The van der Waals surface area contributed by atoms with Crippen molar-refractivity contribution in [1.82, 2.24) is 20.0 Å². The summed E-state index contributed by atoms with van der Waals surface area (Å²) in [6.45, 7) is 6.76. The van der Waals surface area contributed by atoms with Crippen molar-refractivity contribution in [2.24, 2.45) is 5.41 Å². The van der Waals surface area contributed by atoms with Gasteiger partial charge in [0.2, 0.25) is 5.91 Å². The zero-order chi connectivity index (χ0) is 18.9. The van der Waals surface area contributed by atoms with E-state index < -0.39 is 6.10 Å². The molecule has 4 atom stereocenters. The normalized spacial score (nSPS) is 31.4. The number of hydrogen-bond acceptors (Lipinski definition) is 4. The molecule has 0 unspecified atom stereocenters. The maximum Gasteiger partial charge on any atom is 0.254 e. The Bertz CT molecular complexity index is 673. The van der Waals surface area contributed by atoms with Crippen LogP contribution in [0.3, 0.4) is 0 Å². The summed E-state index contributed by atoms with van der Waals surface area (Å²) in [5.74, 6) is -0.156. The van der Waals surface area contributed by atoms with Crippen LogP contribution < -0.4 is 5.32 Å². The Hall–Kier alpha value is -1.89. The number of aryl methyl sites for hydroxylation is 1. The zero-order valence-corrected chi connectivity index (χ0v) is 15.9. The zero-order valence-electron chi connectivity index (χ0n) is 15.9. The van der Waals surface area contributed by atoms with Gasteiger partial charge in [0.1, 0.15) is 0 Å². The molecule has 1 aromatic rings. The lowest BCUT2D eigenvalue weighted by Crippen LogP contribution is -2.48. The van der Waals surface area contributed by atoms with Crippen molar-refractivity contribution in [2.75, 3.05) is 6.54 Å². The van der Waals surface area contributed by atoms with Gasteiger partial charge < -0.3 is 15.3 Å². The maximum atomic E-state index is 12.4. The molecular weight excluding hydrogens is 332 g/mol. The van der Waals surface area contributed by atoms with Gasteiger partial charge in [-0.3, -0.25) is 14.3 Å². The minimum absolute atomic E-state index is 0.0193. The minimum atomic E-state index is -0.402. The molecule has 2 heterocycles. The van der Waals surface area contributed by atoms with Crippen molar-refractivity contribution in [3.8, 4) is 0 Å². The molecule has 26 heavy (non-hydrogen) atoms. The fourth-order valence-corrected chi connectivity index (χ4v) is 4.76. The lowest BCUT2D eigenvalue weighted by molar-refractivity contribution is -0.133. The Kier molecular flexibility index (Phi) is 5.37. The van der Waals surface area contributed by atoms with E-state index in [2.05, 4.69) is 17.3 Å². The van der Waals surface area contributed by atoms with Crippen LogP contribution in [0.5, 0.6) is 0 Å². The highest BCUT2D eigenvalue weighted by Crippen LogP contribution is 2.48. The summed E-state index contributed by atoms with van der Waals surface area (Å²) in [5, 5.41) is 17.8. The molecule has 1 aliphatic carbocycles. The maximum absolute atomic E-state index is 12.4. The molecule has 2 aliphatic rings. The summed E-state index contributed by atoms with van der Waals surface area (Å²) in [7, 11) is 0. The average Bonchev–Trinajstić information content (AvgIpc) is 3.16. The van der Waals surface area contributed by atoms with Crippen LogP contribution in [0.4, 0.5) is 0 Å². The van der Waals surface area contributed by atoms with Gasteiger partial charge in [0.25, 0.3) is 5.91 Å². The largest absolute Gasteiger partial charge is 0.392 e. The molecule has 0 radical (unpaired) electrons. The van der Waals surface area contributed by atoms with E-state index in [1.807, 2.05) is 11.8 Å². The standard InChI is InChI=1S/C19H30N4O3/c1-4-22-12-14(10-21-22)18(26)20-11-15-9-19(3)16(23(15)13(2)24)7-5-6-8-17(19)25/h10,12,15-17,25H,4-9,11H2,1-3H3,(H,20,26)/t15-,16-,17+,19-/m1/s1. The molecular formula is C19H30N4O3. The Labute approximate surface area is 154 Å². The highest BCUT2D eigenvalue weighted by Gasteiger charge is 2.54. The van der Waals surface area contributed by atoms with Crippen molar-refractivity contribution in [3.63, 3.8) is 0 Å². The van der Waals surface area contributed by atoms with Crippen LogP contribution in [0.25, 0.3) is 0 Å². The summed E-state index contributed by atoms with van der Waals surface area (Å²) < 4.78 is 1.71. The first-order chi connectivity index (χ1) is 12.4. The van der Waals surface area contributed by atoms with E-state index in [9.17, 15) is 14.7 Å². The smallest absolute Gasteiger partial charge is 0.254 e. The third-order valence-electron chi connectivity index (χ3n) is 6.21. The Morgan fingerprint density at radius 2 is 2.12 bits per heavy atom. The summed E-state index contributed by atoms with van der Waals surface area (Å²) in [6.07, 6.45) is 7.33. The van der Waals surface area contributed by atoms with E-state index in [1.165, 1.54) is 0 Å². The molecule has 1 saturated carbocycles. The number of hydrogen-bond donors (Lipinski definition) is 2. The van der Waals surface area contributed by atoms with Gasteiger partial charge in [0.15, 0.2) is 0 Å². The predicted octanol–water partition coefficient (Wildman–Crippen LogP) is 1.56. The van der Waals surface area contributed by atoms with Gasteiger partial charge in [-0.05, 0) is 26.2 Å². The molecule has 2 fully saturated rings. The molecule has 1 aliphatic heterocycles. The van der Waals surface area contributed by atoms with E-state index >= 15 is 0 Å². The molecule has 2 N–H and O–H groups in total. The third kappa shape index (κ3) is 3.37. The number of nitrogens with one attached hydrogen (secondary N) is 1. The number of fused-ring (bicyclic) bond motifs is 1. The molecule has 1 aromatic heterocycles. The van der Waals surface area contributed by atoms with Crippen LogP contribution in [0.2, 0.25) is 0 Å². The molecule has 2 amide bonds. The number of aliphatic hydroxyl groups is 1. The van der Waals surface area contributed by atoms with Gasteiger partial charge >= 0.3 is 0 Å². The van der Waals surface area contributed by atoms with E-state index in [4.69, 9.17) is 0 Å². The number of likely N-dealkylation sites (tertiary alicyclic amines) is 1. The molecule has 0 spiro atoms. The van der Waals surface area contributed by atoms with E-state index in [1.54, 1.807) is 24.0 Å². The number of amides is 2. The molecule has 1 saturated heterocycles. The van der Waals surface area contributed by atoms with Crippen molar-refractivity contribution < 1.29 is 14.7 Å². The first-order valence-corrected chi connectivity index (χ1v) is 9.64. The molecule has 7 heteroatoms. The summed E-state index contributed by atoms with van der Waals surface area (Å²) in [6, 6.07) is -0.0392. The summed E-state index contributed by atoms with van der Waals surface area (Å²) in [5.41, 5.74) is 0.227. The second kappa shape index (κ2) is 7.39. The topological polar surface area (TPSA) is 87.5 Å². The lowest BCUT2D eigenvalue weighted by atomic mass is 9.75. The van der Waals surface area contributed by atoms with Crippen molar-refractivity contribution in [1.29, 1.82) is 0 Å². The van der Waals surface area contributed by atoms with Gasteiger partial charge in [-0.25, -0.2) is 0 Å². The van der Waals surface area contributed by atoms with Crippen LogP contribution in [-0.4, -0.2) is 56.3 Å². The molecule has 3 rings (SSSR count). The average molecular weight is 362 g/mol.